The Kier molecular flexibility index (Phi) is 4.57. The number of benzene rings is 2. The van der Waals surface area contributed by atoms with Gasteiger partial charge in [-0.1, -0.05) is 0 Å². The van der Waals surface area contributed by atoms with Gasteiger partial charge in [0.15, 0.2) is 11.5 Å². The first-order chi connectivity index (χ1) is 11.6. The second-order valence-corrected chi connectivity index (χ2v) is 6.14. The van der Waals surface area contributed by atoms with Crippen LogP contribution in [0.2, 0.25) is 0 Å². The van der Waals surface area contributed by atoms with Gasteiger partial charge in [0.1, 0.15) is 5.52 Å². The molecule has 0 amide bonds. The first kappa shape index (κ1) is 16.5. The molecule has 3 rings (SSSR count). The minimum Gasteiger partial charge on any atom is -0.493 e. The number of rotatable bonds is 4. The molecule has 0 N–H and O–H groups in total. The van der Waals surface area contributed by atoms with Crippen molar-refractivity contribution in [2.45, 2.75) is 6.92 Å². The Morgan fingerprint density at radius 3 is 2.17 bits per heavy atom. The van der Waals surface area contributed by atoms with Crippen LogP contribution in [0.15, 0.2) is 34.9 Å². The maximum Gasteiger partial charge on any atom is 0.203 e. The van der Waals surface area contributed by atoms with Gasteiger partial charge in [-0.2, -0.15) is 0 Å². The molecule has 24 heavy (non-hydrogen) atoms. The quantitative estimate of drug-likeness (QED) is 0.662. The normalized spacial score (nSPS) is 10.7. The van der Waals surface area contributed by atoms with Gasteiger partial charge >= 0.3 is 0 Å². The summed E-state index contributed by atoms with van der Waals surface area (Å²) in [5.41, 5.74) is 4.35. The number of halogens is 1. The highest BCUT2D eigenvalue weighted by Crippen LogP contribution is 2.41. The highest BCUT2D eigenvalue weighted by molar-refractivity contribution is 9.10. The third kappa shape index (κ3) is 2.89. The average molecular weight is 389 g/mol. The highest BCUT2D eigenvalue weighted by atomic mass is 79.9. The molecule has 1 aromatic heterocycles. The molecule has 0 spiro atoms. The Labute approximate surface area is 148 Å². The van der Waals surface area contributed by atoms with Crippen molar-refractivity contribution in [3.8, 4) is 28.5 Å². The molecule has 0 radical (unpaired) electrons. The Bertz CT molecular complexity index is 887. The van der Waals surface area contributed by atoms with E-state index in [9.17, 15) is 0 Å². The predicted molar refractivity (Wildman–Crippen MR) is 97.1 cm³/mol. The first-order valence-corrected chi connectivity index (χ1v) is 8.10. The van der Waals surface area contributed by atoms with Gasteiger partial charge in [-0.15, -0.1) is 0 Å². The van der Waals surface area contributed by atoms with Crippen molar-refractivity contribution >= 4 is 27.0 Å². The van der Waals surface area contributed by atoms with E-state index in [-0.39, 0.29) is 0 Å². The summed E-state index contributed by atoms with van der Waals surface area (Å²) >= 11 is 3.53. The number of aromatic nitrogens is 2. The molecule has 0 saturated heterocycles. The summed E-state index contributed by atoms with van der Waals surface area (Å²) in [5.74, 6) is 1.72. The smallest absolute Gasteiger partial charge is 0.203 e. The summed E-state index contributed by atoms with van der Waals surface area (Å²) in [4.78, 5) is 9.26. The molecule has 5 nitrogen and oxygen atoms in total. The lowest BCUT2D eigenvalue weighted by Crippen LogP contribution is -1.97. The maximum absolute atomic E-state index is 5.41. The van der Waals surface area contributed by atoms with Crippen LogP contribution in [0.4, 0.5) is 0 Å². The second-order valence-electron chi connectivity index (χ2n) is 5.28. The SMILES string of the molecule is COc1cc(-c2cnc3c(Br)cc(C)cc3n2)cc(OC)c1OC. The van der Waals surface area contributed by atoms with Crippen molar-refractivity contribution in [3.63, 3.8) is 0 Å². The molecular formula is C18H17BrN2O3. The van der Waals surface area contributed by atoms with Gasteiger partial charge in [-0.05, 0) is 52.7 Å². The molecular weight excluding hydrogens is 372 g/mol. The van der Waals surface area contributed by atoms with Crippen molar-refractivity contribution in [3.05, 3.63) is 40.5 Å². The summed E-state index contributed by atoms with van der Waals surface area (Å²) in [7, 11) is 4.76. The minimum absolute atomic E-state index is 0.552. The van der Waals surface area contributed by atoms with Crippen LogP contribution in [-0.2, 0) is 0 Å². The fourth-order valence-electron chi connectivity index (χ4n) is 2.58. The first-order valence-electron chi connectivity index (χ1n) is 7.30. The van der Waals surface area contributed by atoms with E-state index >= 15 is 0 Å². The second kappa shape index (κ2) is 6.65. The number of fused-ring (bicyclic) bond motifs is 1. The molecule has 124 valence electrons. The zero-order valence-electron chi connectivity index (χ0n) is 13.9. The average Bonchev–Trinajstić information content (AvgIpc) is 2.59. The van der Waals surface area contributed by atoms with Crippen molar-refractivity contribution in [1.82, 2.24) is 9.97 Å². The van der Waals surface area contributed by atoms with Crippen LogP contribution in [-0.4, -0.2) is 31.3 Å². The van der Waals surface area contributed by atoms with Crippen molar-refractivity contribution in [2.24, 2.45) is 0 Å². The standard InChI is InChI=1S/C18H17BrN2O3/c1-10-5-12(19)17-13(6-10)21-14(9-20-17)11-7-15(22-2)18(24-4)16(8-11)23-3/h5-9H,1-4H3. The van der Waals surface area contributed by atoms with Crippen LogP contribution in [0.25, 0.3) is 22.3 Å². The topological polar surface area (TPSA) is 53.5 Å². The Morgan fingerprint density at radius 1 is 0.917 bits per heavy atom. The number of ether oxygens (including phenoxy) is 3. The molecule has 2 aromatic carbocycles. The van der Waals surface area contributed by atoms with E-state index in [4.69, 9.17) is 19.2 Å². The maximum atomic E-state index is 5.41. The number of methoxy groups -OCH3 is 3. The van der Waals surface area contributed by atoms with E-state index in [2.05, 4.69) is 20.9 Å². The molecule has 0 fully saturated rings. The lowest BCUT2D eigenvalue weighted by Gasteiger charge is -2.14. The van der Waals surface area contributed by atoms with E-state index in [1.165, 1.54) is 0 Å². The van der Waals surface area contributed by atoms with E-state index in [1.807, 2.05) is 31.2 Å². The van der Waals surface area contributed by atoms with Crippen LogP contribution >= 0.6 is 15.9 Å². The van der Waals surface area contributed by atoms with Gasteiger partial charge < -0.3 is 14.2 Å². The van der Waals surface area contributed by atoms with Crippen molar-refractivity contribution < 1.29 is 14.2 Å². The lowest BCUT2D eigenvalue weighted by atomic mass is 10.1. The lowest BCUT2D eigenvalue weighted by molar-refractivity contribution is 0.324. The van der Waals surface area contributed by atoms with Gasteiger partial charge in [0.2, 0.25) is 5.75 Å². The van der Waals surface area contributed by atoms with Gasteiger partial charge in [-0.25, -0.2) is 4.98 Å². The van der Waals surface area contributed by atoms with Crippen LogP contribution in [0.1, 0.15) is 5.56 Å². The van der Waals surface area contributed by atoms with E-state index < -0.39 is 0 Å². The molecule has 0 saturated carbocycles. The van der Waals surface area contributed by atoms with Crippen molar-refractivity contribution in [2.75, 3.05) is 21.3 Å². The summed E-state index contributed by atoms with van der Waals surface area (Å²) < 4.78 is 17.1. The zero-order chi connectivity index (χ0) is 17.3. The van der Waals surface area contributed by atoms with E-state index in [0.29, 0.717) is 17.2 Å². The molecule has 1 heterocycles. The van der Waals surface area contributed by atoms with E-state index in [1.54, 1.807) is 27.5 Å². The summed E-state index contributed by atoms with van der Waals surface area (Å²) in [6, 6.07) is 7.76. The molecule has 0 unspecified atom stereocenters. The highest BCUT2D eigenvalue weighted by Gasteiger charge is 2.15. The number of hydrogen-bond donors (Lipinski definition) is 0. The number of nitrogens with zero attached hydrogens (tertiary/aromatic N) is 2. The van der Waals surface area contributed by atoms with Gasteiger partial charge in [0.05, 0.1) is 38.7 Å². The molecule has 0 bridgehead atoms. The molecule has 6 heteroatoms. The van der Waals surface area contributed by atoms with E-state index in [0.717, 1.165) is 32.3 Å². The number of aryl methyl sites for hydroxylation is 1. The summed E-state index contributed by atoms with van der Waals surface area (Å²) in [6.45, 7) is 2.03. The Balaban J connectivity index is 2.20. The summed E-state index contributed by atoms with van der Waals surface area (Å²) in [6.07, 6.45) is 1.74. The monoisotopic (exact) mass is 388 g/mol. The fourth-order valence-corrected chi connectivity index (χ4v) is 3.25. The summed E-state index contributed by atoms with van der Waals surface area (Å²) in [5, 5.41) is 0. The van der Waals surface area contributed by atoms with Crippen molar-refractivity contribution in [1.29, 1.82) is 0 Å². The van der Waals surface area contributed by atoms with Gasteiger partial charge in [0.25, 0.3) is 0 Å². The van der Waals surface area contributed by atoms with Crippen LogP contribution < -0.4 is 14.2 Å². The molecule has 0 atom stereocenters. The van der Waals surface area contributed by atoms with Crippen LogP contribution in [0.3, 0.4) is 0 Å². The van der Waals surface area contributed by atoms with Gasteiger partial charge in [0, 0.05) is 10.0 Å². The Hall–Kier alpha value is -2.34. The molecule has 0 aliphatic carbocycles. The van der Waals surface area contributed by atoms with Gasteiger partial charge in [-0.3, -0.25) is 4.98 Å². The van der Waals surface area contributed by atoms with Crippen LogP contribution in [0.5, 0.6) is 17.2 Å². The minimum atomic E-state index is 0.552. The zero-order valence-corrected chi connectivity index (χ0v) is 15.5. The Morgan fingerprint density at radius 2 is 1.58 bits per heavy atom. The third-order valence-electron chi connectivity index (χ3n) is 3.70. The largest absolute Gasteiger partial charge is 0.493 e. The molecule has 0 aliphatic rings. The third-order valence-corrected chi connectivity index (χ3v) is 4.31. The molecule has 3 aromatic rings. The van der Waals surface area contributed by atoms with Crippen LogP contribution in [0, 0.1) is 6.92 Å². The fraction of sp³-hybridized carbons (Fsp3) is 0.222. The number of hydrogen-bond acceptors (Lipinski definition) is 5. The molecule has 0 aliphatic heterocycles. The predicted octanol–water partition coefficient (Wildman–Crippen LogP) is 4.39.